The van der Waals surface area contributed by atoms with E-state index in [9.17, 15) is 4.79 Å². The standard InChI is InChI=1S/C16H21N5OS/c1-13(19-16(22)14-5-7-18-23-14)12-20-8-10-21(11-9-20)15-4-2-3-6-17-15/h2-7,13H,8-12H2,1H3,(H,19,22). The molecule has 1 unspecified atom stereocenters. The summed E-state index contributed by atoms with van der Waals surface area (Å²) in [6, 6.07) is 7.87. The third-order valence-electron chi connectivity index (χ3n) is 3.92. The van der Waals surface area contributed by atoms with Crippen molar-refractivity contribution in [2.45, 2.75) is 13.0 Å². The first-order chi connectivity index (χ1) is 11.2. The maximum Gasteiger partial charge on any atom is 0.263 e. The second-order valence-electron chi connectivity index (χ2n) is 5.73. The fourth-order valence-electron chi connectivity index (χ4n) is 2.76. The van der Waals surface area contributed by atoms with Crippen molar-refractivity contribution in [3.63, 3.8) is 0 Å². The highest BCUT2D eigenvalue weighted by molar-refractivity contribution is 7.08. The molecule has 0 aromatic carbocycles. The zero-order valence-corrected chi connectivity index (χ0v) is 14.0. The third kappa shape index (κ3) is 4.27. The molecule has 0 aliphatic carbocycles. The van der Waals surface area contributed by atoms with Gasteiger partial charge in [0.05, 0.1) is 0 Å². The highest BCUT2D eigenvalue weighted by atomic mass is 32.1. The van der Waals surface area contributed by atoms with Crippen LogP contribution >= 0.6 is 11.5 Å². The van der Waals surface area contributed by atoms with Crippen LogP contribution in [-0.4, -0.2) is 58.9 Å². The van der Waals surface area contributed by atoms with Crippen LogP contribution < -0.4 is 10.2 Å². The van der Waals surface area contributed by atoms with Crippen LogP contribution in [0.4, 0.5) is 5.82 Å². The number of hydrogen-bond acceptors (Lipinski definition) is 6. The molecule has 1 aliphatic rings. The minimum atomic E-state index is -0.0351. The van der Waals surface area contributed by atoms with Gasteiger partial charge in [0.2, 0.25) is 0 Å². The summed E-state index contributed by atoms with van der Waals surface area (Å²) in [5.41, 5.74) is 0. The van der Waals surface area contributed by atoms with E-state index in [1.165, 1.54) is 11.5 Å². The van der Waals surface area contributed by atoms with Gasteiger partial charge in [-0.3, -0.25) is 9.69 Å². The molecule has 6 nitrogen and oxygen atoms in total. The second kappa shape index (κ2) is 7.52. The number of rotatable bonds is 5. The quantitative estimate of drug-likeness (QED) is 0.899. The average Bonchev–Trinajstić information content (AvgIpc) is 3.11. The fraction of sp³-hybridized carbons (Fsp3) is 0.438. The van der Waals surface area contributed by atoms with Gasteiger partial charge in [-0.05, 0) is 36.7 Å². The van der Waals surface area contributed by atoms with Crippen LogP contribution in [0, 0.1) is 0 Å². The number of nitrogens with one attached hydrogen (secondary N) is 1. The average molecular weight is 331 g/mol. The van der Waals surface area contributed by atoms with Gasteiger partial charge in [-0.1, -0.05) is 6.07 Å². The molecule has 0 bridgehead atoms. The molecule has 0 saturated carbocycles. The summed E-state index contributed by atoms with van der Waals surface area (Å²) in [4.78, 5) is 21.8. The first-order valence-electron chi connectivity index (χ1n) is 7.82. The summed E-state index contributed by atoms with van der Waals surface area (Å²) in [5.74, 6) is 1.01. The fourth-order valence-corrected chi connectivity index (χ4v) is 3.26. The summed E-state index contributed by atoms with van der Waals surface area (Å²) in [5, 5.41) is 3.04. The number of amides is 1. The molecular formula is C16H21N5OS. The van der Waals surface area contributed by atoms with E-state index in [4.69, 9.17) is 0 Å². The van der Waals surface area contributed by atoms with E-state index in [-0.39, 0.29) is 11.9 Å². The summed E-state index contributed by atoms with van der Waals surface area (Å²) in [6.07, 6.45) is 3.49. The number of pyridine rings is 1. The Hall–Kier alpha value is -1.99. The van der Waals surface area contributed by atoms with Crippen molar-refractivity contribution < 1.29 is 4.79 Å². The van der Waals surface area contributed by atoms with Gasteiger partial charge in [0.25, 0.3) is 5.91 Å². The molecule has 1 amide bonds. The molecule has 3 heterocycles. The third-order valence-corrected chi connectivity index (χ3v) is 4.66. The van der Waals surface area contributed by atoms with Gasteiger partial charge in [-0.15, -0.1) is 0 Å². The Balaban J connectivity index is 1.44. The van der Waals surface area contributed by atoms with Crippen LogP contribution in [-0.2, 0) is 0 Å². The maximum absolute atomic E-state index is 12.0. The first-order valence-corrected chi connectivity index (χ1v) is 8.59. The van der Waals surface area contributed by atoms with Crippen LogP contribution in [0.5, 0.6) is 0 Å². The van der Waals surface area contributed by atoms with Gasteiger partial charge >= 0.3 is 0 Å². The number of anilines is 1. The number of piperazine rings is 1. The molecule has 2 aromatic heterocycles. The highest BCUT2D eigenvalue weighted by Crippen LogP contribution is 2.12. The summed E-state index contributed by atoms with van der Waals surface area (Å²) in [6.45, 7) is 6.80. The Morgan fingerprint density at radius 2 is 2.09 bits per heavy atom. The lowest BCUT2D eigenvalue weighted by Crippen LogP contribution is -2.51. The molecule has 1 saturated heterocycles. The summed E-state index contributed by atoms with van der Waals surface area (Å²) in [7, 11) is 0. The number of nitrogens with zero attached hydrogens (tertiary/aromatic N) is 4. The largest absolute Gasteiger partial charge is 0.354 e. The molecule has 0 radical (unpaired) electrons. The van der Waals surface area contributed by atoms with Crippen molar-refractivity contribution in [1.82, 2.24) is 19.6 Å². The Labute approximate surface area is 140 Å². The van der Waals surface area contributed by atoms with Gasteiger partial charge in [-0.2, -0.15) is 0 Å². The molecular weight excluding hydrogens is 310 g/mol. The maximum atomic E-state index is 12.0. The molecule has 1 aliphatic heterocycles. The number of aromatic nitrogens is 2. The van der Waals surface area contributed by atoms with Crippen molar-refractivity contribution in [2.75, 3.05) is 37.6 Å². The van der Waals surface area contributed by atoms with Crippen LogP contribution in [0.1, 0.15) is 16.6 Å². The Morgan fingerprint density at radius 3 is 2.74 bits per heavy atom. The van der Waals surface area contributed by atoms with Gasteiger partial charge in [0.1, 0.15) is 10.7 Å². The van der Waals surface area contributed by atoms with Gasteiger partial charge in [-0.25, -0.2) is 9.36 Å². The topological polar surface area (TPSA) is 61.4 Å². The lowest BCUT2D eigenvalue weighted by atomic mass is 10.2. The van der Waals surface area contributed by atoms with E-state index < -0.39 is 0 Å². The molecule has 3 rings (SSSR count). The lowest BCUT2D eigenvalue weighted by molar-refractivity contribution is 0.0932. The zero-order chi connectivity index (χ0) is 16.1. The number of carbonyl (C=O) groups is 1. The summed E-state index contributed by atoms with van der Waals surface area (Å²) < 4.78 is 3.96. The van der Waals surface area contributed by atoms with E-state index >= 15 is 0 Å². The molecule has 122 valence electrons. The van der Waals surface area contributed by atoms with Crippen LogP contribution in [0.3, 0.4) is 0 Å². The Morgan fingerprint density at radius 1 is 1.26 bits per heavy atom. The van der Waals surface area contributed by atoms with Gasteiger partial charge < -0.3 is 10.2 Å². The minimum absolute atomic E-state index is 0.0351. The van der Waals surface area contributed by atoms with Crippen molar-refractivity contribution in [3.05, 3.63) is 41.5 Å². The van der Waals surface area contributed by atoms with E-state index in [1.807, 2.05) is 31.3 Å². The lowest BCUT2D eigenvalue weighted by Gasteiger charge is -2.36. The Bertz CT molecular complexity index is 611. The smallest absolute Gasteiger partial charge is 0.263 e. The normalized spacial score (nSPS) is 17.0. The minimum Gasteiger partial charge on any atom is -0.354 e. The van der Waals surface area contributed by atoms with Crippen molar-refractivity contribution >= 4 is 23.3 Å². The molecule has 7 heteroatoms. The molecule has 0 spiro atoms. The van der Waals surface area contributed by atoms with E-state index in [0.29, 0.717) is 4.88 Å². The second-order valence-corrected chi connectivity index (χ2v) is 6.56. The summed E-state index contributed by atoms with van der Waals surface area (Å²) >= 11 is 1.23. The monoisotopic (exact) mass is 331 g/mol. The van der Waals surface area contributed by atoms with Gasteiger partial charge in [0.15, 0.2) is 0 Å². The number of carbonyl (C=O) groups excluding carboxylic acids is 1. The van der Waals surface area contributed by atoms with Crippen LogP contribution in [0.25, 0.3) is 0 Å². The Kier molecular flexibility index (Phi) is 5.19. The molecule has 23 heavy (non-hydrogen) atoms. The van der Waals surface area contributed by atoms with E-state index in [0.717, 1.165) is 38.5 Å². The van der Waals surface area contributed by atoms with E-state index in [2.05, 4.69) is 24.5 Å². The predicted octanol–water partition coefficient (Wildman–Crippen LogP) is 1.48. The van der Waals surface area contributed by atoms with Gasteiger partial charge in [0, 0.05) is 51.2 Å². The van der Waals surface area contributed by atoms with Crippen LogP contribution in [0.15, 0.2) is 36.7 Å². The number of hydrogen-bond donors (Lipinski definition) is 1. The SMILES string of the molecule is CC(CN1CCN(c2ccccn2)CC1)NC(=O)c1ccns1. The van der Waals surface area contributed by atoms with Crippen molar-refractivity contribution in [3.8, 4) is 0 Å². The molecule has 1 fully saturated rings. The zero-order valence-electron chi connectivity index (χ0n) is 13.2. The molecule has 1 atom stereocenters. The first kappa shape index (κ1) is 15.9. The van der Waals surface area contributed by atoms with E-state index in [1.54, 1.807) is 12.3 Å². The predicted molar refractivity (Wildman–Crippen MR) is 91.9 cm³/mol. The highest BCUT2D eigenvalue weighted by Gasteiger charge is 2.20. The molecule has 2 aromatic rings. The van der Waals surface area contributed by atoms with Crippen molar-refractivity contribution in [2.24, 2.45) is 0 Å². The van der Waals surface area contributed by atoms with Crippen LogP contribution in [0.2, 0.25) is 0 Å². The van der Waals surface area contributed by atoms with Crippen molar-refractivity contribution in [1.29, 1.82) is 0 Å². The molecule has 1 N–H and O–H groups in total.